The summed E-state index contributed by atoms with van der Waals surface area (Å²) < 4.78 is 17.3. The highest BCUT2D eigenvalue weighted by Crippen LogP contribution is 2.20. The molecule has 1 heterocycles. The van der Waals surface area contributed by atoms with Gasteiger partial charge in [-0.1, -0.05) is 0 Å². The first kappa shape index (κ1) is 22.9. The second-order valence-electron chi connectivity index (χ2n) is 6.95. The Morgan fingerprint density at radius 1 is 0.969 bits per heavy atom. The number of benzene rings is 2. The first-order chi connectivity index (χ1) is 15.5. The predicted molar refractivity (Wildman–Crippen MR) is 121 cm³/mol. The molecule has 0 radical (unpaired) electrons. The van der Waals surface area contributed by atoms with Crippen LogP contribution < -0.4 is 25.1 Å². The van der Waals surface area contributed by atoms with E-state index in [1.165, 1.54) is 10.7 Å². The van der Waals surface area contributed by atoms with E-state index >= 15 is 0 Å². The second kappa shape index (κ2) is 11.0. The van der Waals surface area contributed by atoms with Crippen LogP contribution in [0.5, 0.6) is 17.2 Å². The van der Waals surface area contributed by atoms with Gasteiger partial charge in [-0.15, -0.1) is 0 Å². The Kier molecular flexibility index (Phi) is 7.85. The third-order valence-electron chi connectivity index (χ3n) is 4.76. The van der Waals surface area contributed by atoms with Crippen LogP contribution in [0.25, 0.3) is 11.3 Å². The Hall–Kier alpha value is -3.81. The highest BCUT2D eigenvalue weighted by atomic mass is 16.5. The van der Waals surface area contributed by atoms with E-state index in [2.05, 4.69) is 10.4 Å². The molecular weight excluding hydrogens is 410 g/mol. The van der Waals surface area contributed by atoms with Gasteiger partial charge in [0, 0.05) is 11.6 Å². The van der Waals surface area contributed by atoms with Gasteiger partial charge >= 0.3 is 0 Å². The zero-order chi connectivity index (χ0) is 22.9. The summed E-state index contributed by atoms with van der Waals surface area (Å²) in [6.45, 7) is 4.72. The standard InChI is InChI=1S/C24H27N3O5/c1-4-31-20-7-5-18(6-8-20)22-13-14-23(28)27(26-22)17(2)24(29)25-15-16-32-21-11-9-19(30-3)10-12-21/h5-14,17H,4,15-16H2,1-3H3,(H,25,29). The maximum atomic E-state index is 12.6. The summed E-state index contributed by atoms with van der Waals surface area (Å²) in [5.74, 6) is 1.86. The molecule has 1 aromatic heterocycles. The van der Waals surface area contributed by atoms with Crippen molar-refractivity contribution in [3.05, 3.63) is 71.0 Å². The summed E-state index contributed by atoms with van der Waals surface area (Å²) in [5.41, 5.74) is 1.06. The van der Waals surface area contributed by atoms with E-state index < -0.39 is 6.04 Å². The fourth-order valence-corrected chi connectivity index (χ4v) is 3.02. The molecular formula is C24H27N3O5. The smallest absolute Gasteiger partial charge is 0.267 e. The fourth-order valence-electron chi connectivity index (χ4n) is 3.02. The van der Waals surface area contributed by atoms with Gasteiger partial charge in [-0.2, -0.15) is 5.10 Å². The molecule has 3 aromatic rings. The number of nitrogens with one attached hydrogen (secondary N) is 1. The Morgan fingerprint density at radius 3 is 2.25 bits per heavy atom. The molecule has 0 spiro atoms. The lowest BCUT2D eigenvalue weighted by Crippen LogP contribution is -2.38. The van der Waals surface area contributed by atoms with Gasteiger partial charge in [0.05, 0.1) is 26.0 Å². The lowest BCUT2D eigenvalue weighted by molar-refractivity contribution is -0.124. The van der Waals surface area contributed by atoms with Crippen LogP contribution in [0.15, 0.2) is 65.5 Å². The topological polar surface area (TPSA) is 91.7 Å². The van der Waals surface area contributed by atoms with Crippen LogP contribution in [-0.4, -0.2) is 42.6 Å². The van der Waals surface area contributed by atoms with Crippen molar-refractivity contribution in [1.29, 1.82) is 0 Å². The van der Waals surface area contributed by atoms with Crippen LogP contribution in [0.2, 0.25) is 0 Å². The summed E-state index contributed by atoms with van der Waals surface area (Å²) in [6.07, 6.45) is 0. The van der Waals surface area contributed by atoms with E-state index in [1.807, 2.05) is 31.2 Å². The van der Waals surface area contributed by atoms with E-state index in [4.69, 9.17) is 14.2 Å². The van der Waals surface area contributed by atoms with Crippen molar-refractivity contribution in [3.63, 3.8) is 0 Å². The van der Waals surface area contributed by atoms with E-state index in [1.54, 1.807) is 44.4 Å². The molecule has 32 heavy (non-hydrogen) atoms. The van der Waals surface area contributed by atoms with Crippen molar-refractivity contribution >= 4 is 5.91 Å². The van der Waals surface area contributed by atoms with Crippen LogP contribution in [0.4, 0.5) is 0 Å². The van der Waals surface area contributed by atoms with E-state index in [0.29, 0.717) is 31.2 Å². The van der Waals surface area contributed by atoms with Gasteiger partial charge in [-0.25, -0.2) is 4.68 Å². The first-order valence-corrected chi connectivity index (χ1v) is 10.4. The molecule has 3 rings (SSSR count). The largest absolute Gasteiger partial charge is 0.497 e. The summed E-state index contributed by atoms with van der Waals surface area (Å²) in [7, 11) is 1.60. The average molecular weight is 437 g/mol. The van der Waals surface area contributed by atoms with E-state index in [9.17, 15) is 9.59 Å². The minimum Gasteiger partial charge on any atom is -0.497 e. The predicted octanol–water partition coefficient (Wildman–Crippen LogP) is 3.07. The van der Waals surface area contributed by atoms with E-state index in [-0.39, 0.29) is 11.5 Å². The lowest BCUT2D eigenvalue weighted by Gasteiger charge is -2.15. The molecule has 1 amide bonds. The van der Waals surface area contributed by atoms with Gasteiger partial charge in [0.15, 0.2) is 0 Å². The number of carbonyl (C=O) groups excluding carboxylic acids is 1. The minimum atomic E-state index is -0.772. The number of carbonyl (C=O) groups is 1. The summed E-state index contributed by atoms with van der Waals surface area (Å²) in [6, 6.07) is 16.9. The monoisotopic (exact) mass is 437 g/mol. The van der Waals surface area contributed by atoms with Crippen LogP contribution in [-0.2, 0) is 4.79 Å². The van der Waals surface area contributed by atoms with Gasteiger partial charge in [0.1, 0.15) is 29.9 Å². The molecule has 8 nitrogen and oxygen atoms in total. The Labute approximate surface area is 186 Å². The van der Waals surface area contributed by atoms with Crippen LogP contribution in [0.1, 0.15) is 19.9 Å². The molecule has 0 fully saturated rings. The van der Waals surface area contributed by atoms with Crippen LogP contribution in [0, 0.1) is 0 Å². The number of hydrogen-bond acceptors (Lipinski definition) is 6. The van der Waals surface area contributed by atoms with Crippen molar-refractivity contribution in [3.8, 4) is 28.5 Å². The Morgan fingerprint density at radius 2 is 1.59 bits per heavy atom. The third-order valence-corrected chi connectivity index (χ3v) is 4.76. The van der Waals surface area contributed by atoms with Crippen molar-refractivity contribution in [2.45, 2.75) is 19.9 Å². The molecule has 1 unspecified atom stereocenters. The van der Waals surface area contributed by atoms with Gasteiger partial charge in [-0.3, -0.25) is 9.59 Å². The van der Waals surface area contributed by atoms with Gasteiger partial charge in [0.2, 0.25) is 5.91 Å². The molecule has 0 saturated heterocycles. The zero-order valence-electron chi connectivity index (χ0n) is 18.4. The molecule has 2 aromatic carbocycles. The number of aromatic nitrogens is 2. The zero-order valence-corrected chi connectivity index (χ0v) is 18.4. The van der Waals surface area contributed by atoms with Crippen molar-refractivity contribution in [2.75, 3.05) is 26.9 Å². The quantitative estimate of drug-likeness (QED) is 0.490. The SMILES string of the molecule is CCOc1ccc(-c2ccc(=O)n(C(C)C(=O)NCCOc3ccc(OC)cc3)n2)cc1. The Balaban J connectivity index is 1.59. The molecule has 0 aliphatic rings. The maximum absolute atomic E-state index is 12.6. The number of rotatable bonds is 10. The number of nitrogens with zero attached hydrogens (tertiary/aromatic N) is 2. The van der Waals surface area contributed by atoms with E-state index in [0.717, 1.165) is 17.1 Å². The number of hydrogen-bond donors (Lipinski definition) is 1. The fraction of sp³-hybridized carbons (Fsp3) is 0.292. The average Bonchev–Trinajstić information content (AvgIpc) is 2.82. The molecule has 1 N–H and O–H groups in total. The molecule has 0 saturated carbocycles. The van der Waals surface area contributed by atoms with Gasteiger partial charge in [0.25, 0.3) is 5.56 Å². The van der Waals surface area contributed by atoms with Crippen molar-refractivity contribution < 1.29 is 19.0 Å². The Bertz CT molecular complexity index is 1080. The highest BCUT2D eigenvalue weighted by Gasteiger charge is 2.17. The van der Waals surface area contributed by atoms with Crippen molar-refractivity contribution in [1.82, 2.24) is 15.1 Å². The molecule has 1 atom stereocenters. The van der Waals surface area contributed by atoms with Crippen LogP contribution >= 0.6 is 0 Å². The number of amides is 1. The number of ether oxygens (including phenoxy) is 3. The highest BCUT2D eigenvalue weighted by molar-refractivity contribution is 5.79. The molecule has 0 aliphatic heterocycles. The second-order valence-corrected chi connectivity index (χ2v) is 6.95. The first-order valence-electron chi connectivity index (χ1n) is 10.4. The molecule has 8 heteroatoms. The number of methoxy groups -OCH3 is 1. The molecule has 168 valence electrons. The van der Waals surface area contributed by atoms with Crippen LogP contribution in [0.3, 0.4) is 0 Å². The van der Waals surface area contributed by atoms with Gasteiger partial charge < -0.3 is 19.5 Å². The minimum absolute atomic E-state index is 0.291. The lowest BCUT2D eigenvalue weighted by atomic mass is 10.1. The van der Waals surface area contributed by atoms with Crippen molar-refractivity contribution in [2.24, 2.45) is 0 Å². The summed E-state index contributed by atoms with van der Waals surface area (Å²) in [4.78, 5) is 24.9. The van der Waals surface area contributed by atoms with Gasteiger partial charge in [-0.05, 0) is 68.4 Å². The third kappa shape index (κ3) is 5.87. The maximum Gasteiger partial charge on any atom is 0.267 e. The summed E-state index contributed by atoms with van der Waals surface area (Å²) in [5, 5.41) is 7.17. The normalized spacial score (nSPS) is 11.5. The molecule has 0 bridgehead atoms. The molecule has 0 aliphatic carbocycles. The summed E-state index contributed by atoms with van der Waals surface area (Å²) >= 11 is 0.